The first-order valence-electron chi connectivity index (χ1n) is 15.5. The SMILES string of the molecule is CCN(CC)CCOc1ccc(C(=O)NCCCCCCCNC(=O)c2ccc(OCCN(CC)CC)cc2)cc1. The van der Waals surface area contributed by atoms with Crippen LogP contribution in [0.1, 0.15) is 80.5 Å². The number of likely N-dealkylation sites (N-methyl/N-ethyl adjacent to an activating group) is 2. The molecule has 0 saturated carbocycles. The van der Waals surface area contributed by atoms with E-state index in [0.717, 1.165) is 82.9 Å². The summed E-state index contributed by atoms with van der Waals surface area (Å²) in [5, 5.41) is 6.00. The number of carbonyl (C=O) groups excluding carboxylic acids is 2. The predicted octanol–water partition coefficient (Wildman–Crippen LogP) is 5.24. The van der Waals surface area contributed by atoms with E-state index < -0.39 is 0 Å². The number of hydrogen-bond acceptors (Lipinski definition) is 6. The van der Waals surface area contributed by atoms with Gasteiger partial charge in [-0.15, -0.1) is 0 Å². The molecule has 0 atom stereocenters. The lowest BCUT2D eigenvalue weighted by Crippen LogP contribution is -2.28. The average Bonchev–Trinajstić information content (AvgIpc) is 3.01. The zero-order valence-corrected chi connectivity index (χ0v) is 25.8. The lowest BCUT2D eigenvalue weighted by Gasteiger charge is -2.18. The highest BCUT2D eigenvalue weighted by Gasteiger charge is 2.07. The maximum atomic E-state index is 12.4. The Morgan fingerprint density at radius 2 is 0.902 bits per heavy atom. The van der Waals surface area contributed by atoms with Crippen molar-refractivity contribution in [3.63, 3.8) is 0 Å². The summed E-state index contributed by atoms with van der Waals surface area (Å²) in [6, 6.07) is 14.7. The second-order valence-electron chi connectivity index (χ2n) is 10.1. The molecule has 0 saturated heterocycles. The molecule has 228 valence electrons. The largest absolute Gasteiger partial charge is 0.492 e. The van der Waals surface area contributed by atoms with Crippen LogP contribution in [0.2, 0.25) is 0 Å². The summed E-state index contributed by atoms with van der Waals surface area (Å²) < 4.78 is 11.6. The van der Waals surface area contributed by atoms with E-state index >= 15 is 0 Å². The molecule has 8 heteroatoms. The molecule has 2 aromatic carbocycles. The van der Waals surface area contributed by atoms with Crippen LogP contribution in [0.15, 0.2) is 48.5 Å². The maximum Gasteiger partial charge on any atom is 0.251 e. The fourth-order valence-corrected chi connectivity index (χ4v) is 4.46. The van der Waals surface area contributed by atoms with Crippen LogP contribution in [-0.4, -0.2) is 87.2 Å². The van der Waals surface area contributed by atoms with Crippen LogP contribution in [0.3, 0.4) is 0 Å². The first kappa shape index (κ1) is 34.1. The summed E-state index contributed by atoms with van der Waals surface area (Å²) in [5.74, 6) is 1.46. The van der Waals surface area contributed by atoms with E-state index in [1.165, 1.54) is 0 Å². The van der Waals surface area contributed by atoms with E-state index in [0.29, 0.717) is 37.4 Å². The minimum absolute atomic E-state index is 0.0540. The van der Waals surface area contributed by atoms with Gasteiger partial charge in [-0.3, -0.25) is 9.59 Å². The summed E-state index contributed by atoms with van der Waals surface area (Å²) in [4.78, 5) is 29.4. The lowest BCUT2D eigenvalue weighted by molar-refractivity contribution is 0.0945. The first-order valence-corrected chi connectivity index (χ1v) is 15.5. The molecule has 0 aliphatic rings. The van der Waals surface area contributed by atoms with Crippen molar-refractivity contribution in [2.75, 3.05) is 65.6 Å². The van der Waals surface area contributed by atoms with Gasteiger partial charge in [0.1, 0.15) is 24.7 Å². The van der Waals surface area contributed by atoms with Crippen LogP contribution in [0, 0.1) is 0 Å². The minimum Gasteiger partial charge on any atom is -0.492 e. The van der Waals surface area contributed by atoms with Gasteiger partial charge in [-0.2, -0.15) is 0 Å². The zero-order valence-electron chi connectivity index (χ0n) is 25.8. The van der Waals surface area contributed by atoms with Gasteiger partial charge in [-0.1, -0.05) is 47.0 Å². The second-order valence-corrected chi connectivity index (χ2v) is 10.1. The smallest absolute Gasteiger partial charge is 0.251 e. The summed E-state index contributed by atoms with van der Waals surface area (Å²) in [6.07, 6.45) is 5.04. The number of unbranched alkanes of at least 4 members (excludes halogenated alkanes) is 4. The number of rotatable bonds is 22. The van der Waals surface area contributed by atoms with Gasteiger partial charge in [-0.05, 0) is 87.6 Å². The van der Waals surface area contributed by atoms with Crippen molar-refractivity contribution in [3.8, 4) is 11.5 Å². The summed E-state index contributed by atoms with van der Waals surface area (Å²) in [6.45, 7) is 17.0. The van der Waals surface area contributed by atoms with E-state index in [1.807, 2.05) is 48.5 Å². The van der Waals surface area contributed by atoms with E-state index in [4.69, 9.17) is 9.47 Å². The molecule has 0 spiro atoms. The molecule has 0 aromatic heterocycles. The topological polar surface area (TPSA) is 83.1 Å². The van der Waals surface area contributed by atoms with Gasteiger partial charge in [0.25, 0.3) is 11.8 Å². The first-order chi connectivity index (χ1) is 20.0. The zero-order chi connectivity index (χ0) is 29.7. The van der Waals surface area contributed by atoms with E-state index in [1.54, 1.807) is 0 Å². The Kier molecular flexibility index (Phi) is 17.2. The molecular weight excluding hydrogens is 516 g/mol. The normalized spacial score (nSPS) is 11.1. The number of amides is 2. The fraction of sp³-hybridized carbons (Fsp3) is 0.576. The van der Waals surface area contributed by atoms with Crippen LogP contribution in [0.4, 0.5) is 0 Å². The van der Waals surface area contributed by atoms with Crippen molar-refractivity contribution in [2.45, 2.75) is 59.8 Å². The van der Waals surface area contributed by atoms with Gasteiger partial charge < -0.3 is 29.9 Å². The average molecular weight is 569 g/mol. The Bertz CT molecular complexity index is 894. The summed E-state index contributed by atoms with van der Waals surface area (Å²) in [5.41, 5.74) is 1.29. The third kappa shape index (κ3) is 13.9. The Hall–Kier alpha value is -3.10. The maximum absolute atomic E-state index is 12.4. The van der Waals surface area contributed by atoms with Crippen molar-refractivity contribution >= 4 is 11.8 Å². The van der Waals surface area contributed by atoms with Gasteiger partial charge in [-0.25, -0.2) is 0 Å². The minimum atomic E-state index is -0.0540. The standard InChI is InChI=1S/C33H52N4O4/c1-5-36(6-2)24-26-40-30-18-14-28(15-19-30)32(38)34-22-12-10-9-11-13-23-35-33(39)29-16-20-31(21-17-29)41-27-25-37(7-3)8-4/h14-21H,5-13,22-27H2,1-4H3,(H,34,38)(H,35,39). The third-order valence-electron chi connectivity index (χ3n) is 7.30. The molecule has 8 nitrogen and oxygen atoms in total. The molecule has 0 heterocycles. The highest BCUT2D eigenvalue weighted by atomic mass is 16.5. The lowest BCUT2D eigenvalue weighted by atomic mass is 10.1. The number of ether oxygens (including phenoxy) is 2. The predicted molar refractivity (Wildman–Crippen MR) is 167 cm³/mol. The van der Waals surface area contributed by atoms with Gasteiger partial charge in [0.2, 0.25) is 0 Å². The molecule has 2 amide bonds. The van der Waals surface area contributed by atoms with E-state index in [2.05, 4.69) is 48.1 Å². The number of nitrogens with zero attached hydrogens (tertiary/aromatic N) is 2. The molecule has 2 aromatic rings. The third-order valence-corrected chi connectivity index (χ3v) is 7.30. The Labute approximate surface area is 247 Å². The van der Waals surface area contributed by atoms with Crippen LogP contribution < -0.4 is 20.1 Å². The van der Waals surface area contributed by atoms with Crippen molar-refractivity contribution in [2.24, 2.45) is 0 Å². The summed E-state index contributed by atoms with van der Waals surface area (Å²) in [7, 11) is 0. The Balaban J connectivity index is 1.50. The number of nitrogens with one attached hydrogen (secondary N) is 2. The number of hydrogen-bond donors (Lipinski definition) is 2. The van der Waals surface area contributed by atoms with E-state index in [-0.39, 0.29) is 11.8 Å². The molecule has 41 heavy (non-hydrogen) atoms. The quantitative estimate of drug-likeness (QED) is 0.189. The Morgan fingerprint density at radius 3 is 1.24 bits per heavy atom. The molecular formula is C33H52N4O4. The number of benzene rings is 2. The van der Waals surface area contributed by atoms with E-state index in [9.17, 15) is 9.59 Å². The van der Waals surface area contributed by atoms with Crippen LogP contribution >= 0.6 is 0 Å². The molecule has 0 bridgehead atoms. The van der Waals surface area contributed by atoms with Crippen molar-refractivity contribution in [1.82, 2.24) is 20.4 Å². The van der Waals surface area contributed by atoms with Gasteiger partial charge in [0.15, 0.2) is 0 Å². The molecule has 0 aliphatic heterocycles. The van der Waals surface area contributed by atoms with Gasteiger partial charge in [0.05, 0.1) is 0 Å². The van der Waals surface area contributed by atoms with Crippen LogP contribution in [0.5, 0.6) is 11.5 Å². The molecule has 2 rings (SSSR count). The van der Waals surface area contributed by atoms with Crippen LogP contribution in [0.25, 0.3) is 0 Å². The number of carbonyl (C=O) groups is 2. The van der Waals surface area contributed by atoms with Gasteiger partial charge in [0, 0.05) is 37.3 Å². The molecule has 0 fully saturated rings. The monoisotopic (exact) mass is 568 g/mol. The van der Waals surface area contributed by atoms with Crippen LogP contribution in [-0.2, 0) is 0 Å². The second kappa shape index (κ2) is 20.7. The summed E-state index contributed by atoms with van der Waals surface area (Å²) >= 11 is 0. The van der Waals surface area contributed by atoms with Gasteiger partial charge >= 0.3 is 0 Å². The Morgan fingerprint density at radius 1 is 0.561 bits per heavy atom. The molecule has 0 radical (unpaired) electrons. The molecule has 2 N–H and O–H groups in total. The van der Waals surface area contributed by atoms with Crippen molar-refractivity contribution in [1.29, 1.82) is 0 Å². The van der Waals surface area contributed by atoms with Crippen molar-refractivity contribution in [3.05, 3.63) is 59.7 Å². The highest BCUT2D eigenvalue weighted by Crippen LogP contribution is 2.13. The van der Waals surface area contributed by atoms with Crippen molar-refractivity contribution < 1.29 is 19.1 Å². The molecule has 0 unspecified atom stereocenters. The molecule has 0 aliphatic carbocycles. The highest BCUT2D eigenvalue weighted by molar-refractivity contribution is 5.94. The fourth-order valence-electron chi connectivity index (χ4n) is 4.46.